The number of hydrogen-bond acceptors (Lipinski definition) is 2. The lowest BCUT2D eigenvalue weighted by molar-refractivity contribution is 0.669. The van der Waals surface area contributed by atoms with Crippen LogP contribution in [0.5, 0.6) is 0 Å². The molecule has 0 spiro atoms. The average molecular weight is 766 g/mol. The van der Waals surface area contributed by atoms with E-state index in [-0.39, 0.29) is 0 Å². The first-order valence-electron chi connectivity index (χ1n) is 20.5. The van der Waals surface area contributed by atoms with E-state index in [1.165, 1.54) is 49.7 Å². The summed E-state index contributed by atoms with van der Waals surface area (Å²) < 4.78 is 6.18. The van der Waals surface area contributed by atoms with Crippen molar-refractivity contribution < 1.29 is 4.42 Å². The molecule has 11 aromatic rings. The molecule has 10 aromatic carbocycles. The summed E-state index contributed by atoms with van der Waals surface area (Å²) in [6.07, 6.45) is 0. The van der Waals surface area contributed by atoms with E-state index in [1.807, 2.05) is 12.1 Å². The number of hydrogen-bond donors (Lipinski definition) is 0. The summed E-state index contributed by atoms with van der Waals surface area (Å²) in [6, 6.07) is 85.0. The molecule has 0 aliphatic carbocycles. The second-order valence-electron chi connectivity index (χ2n) is 15.3. The van der Waals surface area contributed by atoms with Crippen LogP contribution >= 0.6 is 0 Å². The third-order valence-electron chi connectivity index (χ3n) is 11.7. The van der Waals surface area contributed by atoms with Gasteiger partial charge >= 0.3 is 0 Å². The van der Waals surface area contributed by atoms with E-state index in [2.05, 4.69) is 229 Å². The zero-order chi connectivity index (χ0) is 39.8. The van der Waals surface area contributed by atoms with Crippen LogP contribution in [0.25, 0.3) is 88.3 Å². The summed E-state index contributed by atoms with van der Waals surface area (Å²) in [5, 5.41) is 4.74. The van der Waals surface area contributed by atoms with Crippen LogP contribution in [0.1, 0.15) is 0 Å². The molecule has 11 rings (SSSR count). The predicted molar refractivity (Wildman–Crippen MR) is 253 cm³/mol. The minimum Gasteiger partial charge on any atom is -0.456 e. The SMILES string of the molecule is c1ccc(-c2ccc(-c3ccccc3)c(-c3ccc(N(c4ccc(-c5cccc6ccccc56)cc4)c4cccc(-c5ccc6oc7ccccc7c6c5)c4)cc3)c2)cc1. The molecule has 0 unspecified atom stereocenters. The molecule has 2 heteroatoms. The Bertz CT molecular complexity index is 3290. The molecule has 0 amide bonds. The van der Waals surface area contributed by atoms with Gasteiger partial charge in [0.25, 0.3) is 0 Å². The lowest BCUT2D eigenvalue weighted by atomic mass is 9.91. The zero-order valence-corrected chi connectivity index (χ0v) is 32.9. The monoisotopic (exact) mass is 765 g/mol. The Kier molecular flexibility index (Phi) is 8.87. The van der Waals surface area contributed by atoms with Gasteiger partial charge in [-0.15, -0.1) is 0 Å². The fraction of sp³-hybridized carbons (Fsp3) is 0. The van der Waals surface area contributed by atoms with E-state index < -0.39 is 0 Å². The summed E-state index contributed by atoms with van der Waals surface area (Å²) >= 11 is 0. The van der Waals surface area contributed by atoms with Crippen molar-refractivity contribution in [2.24, 2.45) is 0 Å². The van der Waals surface area contributed by atoms with Gasteiger partial charge in [0.2, 0.25) is 0 Å². The van der Waals surface area contributed by atoms with Crippen molar-refractivity contribution >= 4 is 49.8 Å². The van der Waals surface area contributed by atoms with Crippen molar-refractivity contribution in [3.05, 3.63) is 237 Å². The van der Waals surface area contributed by atoms with Crippen LogP contribution in [-0.2, 0) is 0 Å². The molecule has 0 bridgehead atoms. The first kappa shape index (κ1) is 35.2. The van der Waals surface area contributed by atoms with Crippen molar-refractivity contribution in [1.82, 2.24) is 0 Å². The number of anilines is 3. The predicted octanol–water partition coefficient (Wildman–Crippen LogP) is 16.5. The van der Waals surface area contributed by atoms with Gasteiger partial charge in [-0.2, -0.15) is 0 Å². The van der Waals surface area contributed by atoms with Gasteiger partial charge < -0.3 is 9.32 Å². The van der Waals surface area contributed by atoms with E-state index in [0.29, 0.717) is 0 Å². The third kappa shape index (κ3) is 6.51. The minimum atomic E-state index is 0.897. The van der Waals surface area contributed by atoms with Gasteiger partial charge in [0.15, 0.2) is 0 Å². The zero-order valence-electron chi connectivity index (χ0n) is 32.9. The maximum absolute atomic E-state index is 6.18. The van der Waals surface area contributed by atoms with E-state index in [9.17, 15) is 0 Å². The van der Waals surface area contributed by atoms with Gasteiger partial charge in [-0.25, -0.2) is 0 Å². The van der Waals surface area contributed by atoms with Crippen LogP contribution in [-0.4, -0.2) is 0 Å². The average Bonchev–Trinajstić information content (AvgIpc) is 3.70. The van der Waals surface area contributed by atoms with Crippen molar-refractivity contribution in [3.63, 3.8) is 0 Å². The second kappa shape index (κ2) is 15.1. The summed E-state index contributed by atoms with van der Waals surface area (Å²) in [5.41, 5.74) is 16.9. The van der Waals surface area contributed by atoms with Crippen LogP contribution in [0, 0.1) is 0 Å². The van der Waals surface area contributed by atoms with Crippen LogP contribution < -0.4 is 4.90 Å². The maximum atomic E-state index is 6.18. The fourth-order valence-electron chi connectivity index (χ4n) is 8.70. The molecule has 1 heterocycles. The number of benzene rings is 10. The summed E-state index contributed by atoms with van der Waals surface area (Å²) in [5.74, 6) is 0. The van der Waals surface area contributed by atoms with Crippen LogP contribution in [0.3, 0.4) is 0 Å². The van der Waals surface area contributed by atoms with E-state index in [0.717, 1.165) is 55.7 Å². The highest BCUT2D eigenvalue weighted by atomic mass is 16.3. The molecule has 0 saturated heterocycles. The first-order valence-corrected chi connectivity index (χ1v) is 20.5. The Labute approximate surface area is 349 Å². The summed E-state index contributed by atoms with van der Waals surface area (Å²) in [4.78, 5) is 2.37. The highest BCUT2D eigenvalue weighted by Gasteiger charge is 2.17. The van der Waals surface area contributed by atoms with Crippen molar-refractivity contribution in [3.8, 4) is 55.6 Å². The second-order valence-corrected chi connectivity index (χ2v) is 15.3. The number of furan rings is 1. The summed E-state index contributed by atoms with van der Waals surface area (Å²) in [7, 11) is 0. The van der Waals surface area contributed by atoms with E-state index in [1.54, 1.807) is 0 Å². The van der Waals surface area contributed by atoms with E-state index >= 15 is 0 Å². The Morgan fingerprint density at radius 3 is 1.53 bits per heavy atom. The third-order valence-corrected chi connectivity index (χ3v) is 11.7. The van der Waals surface area contributed by atoms with Gasteiger partial charge in [-0.3, -0.25) is 0 Å². The quantitative estimate of drug-likeness (QED) is 0.153. The maximum Gasteiger partial charge on any atom is 0.135 e. The molecule has 60 heavy (non-hydrogen) atoms. The van der Waals surface area contributed by atoms with Crippen molar-refractivity contribution in [2.45, 2.75) is 0 Å². The molecule has 0 atom stereocenters. The van der Waals surface area contributed by atoms with Crippen LogP contribution in [0.15, 0.2) is 241 Å². The molecule has 0 saturated carbocycles. The first-order chi connectivity index (χ1) is 29.7. The number of rotatable bonds is 8. The number of fused-ring (bicyclic) bond motifs is 4. The fourth-order valence-corrected chi connectivity index (χ4v) is 8.70. The lowest BCUT2D eigenvalue weighted by Gasteiger charge is -2.26. The molecular weight excluding hydrogens is 727 g/mol. The summed E-state index contributed by atoms with van der Waals surface area (Å²) in [6.45, 7) is 0. The molecule has 0 fully saturated rings. The Balaban J connectivity index is 1.03. The van der Waals surface area contributed by atoms with Gasteiger partial charge in [0, 0.05) is 27.8 Å². The van der Waals surface area contributed by atoms with Crippen molar-refractivity contribution in [2.75, 3.05) is 4.90 Å². The van der Waals surface area contributed by atoms with Gasteiger partial charge in [0.05, 0.1) is 0 Å². The largest absolute Gasteiger partial charge is 0.456 e. The van der Waals surface area contributed by atoms with Crippen LogP contribution in [0.4, 0.5) is 17.1 Å². The van der Waals surface area contributed by atoms with Crippen LogP contribution in [0.2, 0.25) is 0 Å². The highest BCUT2D eigenvalue weighted by molar-refractivity contribution is 6.06. The normalized spacial score (nSPS) is 11.3. The Morgan fingerprint density at radius 1 is 0.250 bits per heavy atom. The molecule has 0 N–H and O–H groups in total. The molecule has 0 aliphatic rings. The van der Waals surface area contributed by atoms with Crippen molar-refractivity contribution in [1.29, 1.82) is 0 Å². The standard InChI is InChI=1S/C58H39NO/c1-3-13-40(14-4-1)46-29-35-53(41-15-5-2-6-16-41)55(38-46)44-27-33-49(34-28-44)59(48-31-25-43(26-32-48)52-23-12-18-42-17-7-8-21-51(42)52)50-20-11-19-45(37-50)47-30-36-58-56(39-47)54-22-9-10-24-57(54)60-58/h1-39H. The molecule has 0 aliphatic heterocycles. The Hall–Kier alpha value is -7.94. The molecule has 1 aromatic heterocycles. The van der Waals surface area contributed by atoms with Gasteiger partial charge in [-0.05, 0) is 127 Å². The Morgan fingerprint density at radius 2 is 0.767 bits per heavy atom. The van der Waals surface area contributed by atoms with E-state index in [4.69, 9.17) is 4.42 Å². The molecule has 0 radical (unpaired) electrons. The van der Waals surface area contributed by atoms with Gasteiger partial charge in [-0.1, -0.05) is 176 Å². The molecule has 2 nitrogen and oxygen atoms in total. The lowest BCUT2D eigenvalue weighted by Crippen LogP contribution is -2.10. The smallest absolute Gasteiger partial charge is 0.135 e. The molecular formula is C58H39NO. The highest BCUT2D eigenvalue weighted by Crippen LogP contribution is 2.42. The number of para-hydroxylation sites is 1. The minimum absolute atomic E-state index is 0.897. The topological polar surface area (TPSA) is 16.4 Å². The number of nitrogens with zero attached hydrogens (tertiary/aromatic N) is 1. The van der Waals surface area contributed by atoms with Gasteiger partial charge in [0.1, 0.15) is 11.2 Å². The molecule has 282 valence electrons.